The molecule has 0 aliphatic heterocycles. The predicted molar refractivity (Wildman–Crippen MR) is 71.9 cm³/mol. The Morgan fingerprint density at radius 3 is 2.30 bits per heavy atom. The molecule has 2 N–H and O–H groups in total. The van der Waals surface area contributed by atoms with Gasteiger partial charge in [0.25, 0.3) is 0 Å². The summed E-state index contributed by atoms with van der Waals surface area (Å²) in [7, 11) is -4.19. The Labute approximate surface area is 122 Å². The summed E-state index contributed by atoms with van der Waals surface area (Å²) in [5.74, 6) is -4.94. The van der Waals surface area contributed by atoms with Gasteiger partial charge in [0, 0.05) is 13.1 Å². The Hall–Kier alpha value is -0.830. The molecule has 0 amide bonds. The molecule has 0 spiro atoms. The van der Waals surface area contributed by atoms with Crippen LogP contribution in [0, 0.1) is 17.5 Å². The molecule has 20 heavy (non-hydrogen) atoms. The van der Waals surface area contributed by atoms with E-state index < -0.39 is 32.4 Å². The zero-order chi connectivity index (χ0) is 14.5. The molecule has 0 fully saturated rings. The summed E-state index contributed by atoms with van der Waals surface area (Å²) >= 11 is 0. The Morgan fingerprint density at radius 2 is 1.70 bits per heavy atom. The number of benzene rings is 1. The normalized spacial score (nSPS) is 11.2. The van der Waals surface area contributed by atoms with E-state index in [-0.39, 0.29) is 19.0 Å². The second-order valence-electron chi connectivity index (χ2n) is 3.82. The van der Waals surface area contributed by atoms with Crippen molar-refractivity contribution in [3.8, 4) is 0 Å². The monoisotopic (exact) mass is 332 g/mol. The summed E-state index contributed by atoms with van der Waals surface area (Å²) in [5.41, 5.74) is 0. The van der Waals surface area contributed by atoms with E-state index in [0.29, 0.717) is 18.7 Å². The molecule has 116 valence electrons. The van der Waals surface area contributed by atoms with E-state index in [0.717, 1.165) is 13.0 Å². The minimum absolute atomic E-state index is 0. The summed E-state index contributed by atoms with van der Waals surface area (Å²) in [6, 6.07) is 1.26. The number of nitrogens with one attached hydrogen (secondary N) is 2. The lowest BCUT2D eigenvalue weighted by Crippen LogP contribution is -2.32. The Kier molecular flexibility index (Phi) is 8.10. The van der Waals surface area contributed by atoms with E-state index in [1.165, 1.54) is 0 Å². The SMILES string of the molecule is CCCNCCNS(=O)(=O)c1ccc(F)c(F)c1F.Cl. The first-order valence-corrected chi connectivity index (χ1v) is 7.22. The summed E-state index contributed by atoms with van der Waals surface area (Å²) in [4.78, 5) is -0.901. The first kappa shape index (κ1) is 19.2. The van der Waals surface area contributed by atoms with Crippen molar-refractivity contribution in [3.05, 3.63) is 29.6 Å². The first-order chi connectivity index (χ1) is 8.90. The zero-order valence-corrected chi connectivity index (χ0v) is 12.4. The van der Waals surface area contributed by atoms with Crippen molar-refractivity contribution >= 4 is 22.4 Å². The topological polar surface area (TPSA) is 58.2 Å². The molecular formula is C11H16ClF3N2O2S. The third-order valence-corrected chi connectivity index (χ3v) is 3.79. The van der Waals surface area contributed by atoms with Gasteiger partial charge in [-0.1, -0.05) is 6.92 Å². The first-order valence-electron chi connectivity index (χ1n) is 5.74. The molecule has 1 rings (SSSR count). The fourth-order valence-electron chi connectivity index (χ4n) is 1.37. The average molecular weight is 333 g/mol. The summed E-state index contributed by atoms with van der Waals surface area (Å²) in [6.07, 6.45) is 0.893. The average Bonchev–Trinajstić information content (AvgIpc) is 2.35. The van der Waals surface area contributed by atoms with Gasteiger partial charge in [0.2, 0.25) is 10.0 Å². The highest BCUT2D eigenvalue weighted by Crippen LogP contribution is 2.19. The van der Waals surface area contributed by atoms with Crippen LogP contribution in [-0.4, -0.2) is 28.1 Å². The molecule has 1 aromatic rings. The van der Waals surface area contributed by atoms with Crippen LogP contribution in [0.2, 0.25) is 0 Å². The number of halogens is 4. The lowest BCUT2D eigenvalue weighted by atomic mass is 10.3. The summed E-state index contributed by atoms with van der Waals surface area (Å²) < 4.78 is 64.5. The van der Waals surface area contributed by atoms with Gasteiger partial charge in [0.15, 0.2) is 17.5 Å². The van der Waals surface area contributed by atoms with Gasteiger partial charge in [-0.25, -0.2) is 26.3 Å². The van der Waals surface area contributed by atoms with E-state index >= 15 is 0 Å². The van der Waals surface area contributed by atoms with Crippen LogP contribution in [0.25, 0.3) is 0 Å². The van der Waals surface area contributed by atoms with Crippen molar-refractivity contribution in [1.29, 1.82) is 0 Å². The van der Waals surface area contributed by atoms with E-state index in [1.807, 2.05) is 6.92 Å². The van der Waals surface area contributed by atoms with Crippen LogP contribution in [0.15, 0.2) is 17.0 Å². The highest BCUT2D eigenvalue weighted by molar-refractivity contribution is 7.89. The summed E-state index contributed by atoms with van der Waals surface area (Å²) in [5, 5.41) is 2.94. The van der Waals surface area contributed by atoms with Gasteiger partial charge in [-0.05, 0) is 25.1 Å². The smallest absolute Gasteiger partial charge is 0.243 e. The van der Waals surface area contributed by atoms with E-state index in [2.05, 4.69) is 10.0 Å². The molecule has 0 saturated heterocycles. The van der Waals surface area contributed by atoms with Crippen LogP contribution in [0.4, 0.5) is 13.2 Å². The second kappa shape index (κ2) is 8.46. The van der Waals surface area contributed by atoms with Gasteiger partial charge in [0.05, 0.1) is 0 Å². The van der Waals surface area contributed by atoms with Gasteiger partial charge >= 0.3 is 0 Å². The van der Waals surface area contributed by atoms with Crippen LogP contribution in [0.3, 0.4) is 0 Å². The molecule has 0 unspecified atom stereocenters. The minimum Gasteiger partial charge on any atom is -0.315 e. The fourth-order valence-corrected chi connectivity index (χ4v) is 2.47. The number of sulfonamides is 1. The van der Waals surface area contributed by atoms with Gasteiger partial charge in [-0.15, -0.1) is 12.4 Å². The number of hydrogen-bond donors (Lipinski definition) is 2. The number of rotatable bonds is 7. The molecule has 9 heteroatoms. The van der Waals surface area contributed by atoms with Crippen molar-refractivity contribution < 1.29 is 21.6 Å². The molecular weight excluding hydrogens is 317 g/mol. The molecule has 0 radical (unpaired) electrons. The molecule has 4 nitrogen and oxygen atoms in total. The minimum atomic E-state index is -4.19. The molecule has 0 aliphatic carbocycles. The molecule has 0 aromatic heterocycles. The third-order valence-electron chi connectivity index (χ3n) is 2.31. The van der Waals surface area contributed by atoms with E-state index in [4.69, 9.17) is 0 Å². The Balaban J connectivity index is 0.00000361. The third kappa shape index (κ3) is 4.93. The van der Waals surface area contributed by atoms with Crippen molar-refractivity contribution in [2.75, 3.05) is 19.6 Å². The van der Waals surface area contributed by atoms with Gasteiger partial charge in [0.1, 0.15) is 4.90 Å². The quantitative estimate of drug-likeness (QED) is 0.591. The standard InChI is InChI=1S/C11H15F3N2O2S.ClH/c1-2-5-15-6-7-16-19(17,18)9-4-3-8(12)10(13)11(9)14;/h3-4,15-16H,2,5-7H2,1H3;1H. The van der Waals surface area contributed by atoms with Crippen molar-refractivity contribution in [3.63, 3.8) is 0 Å². The molecule has 0 heterocycles. The Morgan fingerprint density at radius 1 is 1.05 bits per heavy atom. The maximum Gasteiger partial charge on any atom is 0.243 e. The Bertz CT molecular complexity index is 541. The van der Waals surface area contributed by atoms with Crippen LogP contribution >= 0.6 is 12.4 Å². The van der Waals surface area contributed by atoms with Crippen molar-refractivity contribution in [1.82, 2.24) is 10.0 Å². The zero-order valence-electron chi connectivity index (χ0n) is 10.8. The highest BCUT2D eigenvalue weighted by Gasteiger charge is 2.23. The summed E-state index contributed by atoms with van der Waals surface area (Å²) in [6.45, 7) is 3.06. The molecule has 0 atom stereocenters. The van der Waals surface area contributed by atoms with Gasteiger partial charge in [-0.2, -0.15) is 0 Å². The number of hydrogen-bond acceptors (Lipinski definition) is 3. The van der Waals surface area contributed by atoms with Gasteiger partial charge in [-0.3, -0.25) is 0 Å². The van der Waals surface area contributed by atoms with Gasteiger partial charge < -0.3 is 5.32 Å². The second-order valence-corrected chi connectivity index (χ2v) is 5.56. The van der Waals surface area contributed by atoms with Crippen molar-refractivity contribution in [2.24, 2.45) is 0 Å². The van der Waals surface area contributed by atoms with E-state index in [9.17, 15) is 21.6 Å². The lowest BCUT2D eigenvalue weighted by Gasteiger charge is -2.08. The maximum absolute atomic E-state index is 13.3. The molecule has 1 aromatic carbocycles. The molecule has 0 bridgehead atoms. The predicted octanol–water partition coefficient (Wildman–Crippen LogP) is 1.80. The van der Waals surface area contributed by atoms with Crippen LogP contribution in [0.5, 0.6) is 0 Å². The van der Waals surface area contributed by atoms with E-state index in [1.54, 1.807) is 0 Å². The largest absolute Gasteiger partial charge is 0.315 e. The van der Waals surface area contributed by atoms with Crippen LogP contribution in [0.1, 0.15) is 13.3 Å². The van der Waals surface area contributed by atoms with Crippen molar-refractivity contribution in [2.45, 2.75) is 18.2 Å². The molecule has 0 saturated carbocycles. The van der Waals surface area contributed by atoms with Crippen LogP contribution in [-0.2, 0) is 10.0 Å². The fraction of sp³-hybridized carbons (Fsp3) is 0.455. The lowest BCUT2D eigenvalue weighted by molar-refractivity contribution is 0.431. The van der Waals surface area contributed by atoms with Crippen LogP contribution < -0.4 is 10.0 Å². The maximum atomic E-state index is 13.3. The highest BCUT2D eigenvalue weighted by atomic mass is 35.5. The molecule has 0 aliphatic rings.